The van der Waals surface area contributed by atoms with E-state index in [0.717, 1.165) is 25.7 Å². The maximum Gasteiger partial charge on any atom is 0.0591 e. The Hall–Kier alpha value is -0.0800. The molecule has 0 aliphatic rings. The van der Waals surface area contributed by atoms with Gasteiger partial charge in [-0.25, -0.2) is 0 Å². The van der Waals surface area contributed by atoms with Gasteiger partial charge in [-0.1, -0.05) is 34.1 Å². The molecule has 0 saturated heterocycles. The predicted octanol–water partition coefficient (Wildman–Crippen LogP) is 2.83. The molecule has 1 N–H and O–H groups in total. The number of ether oxygens (including phenoxy) is 1. The molecular weight excluding hydrogens is 174 g/mol. The van der Waals surface area contributed by atoms with E-state index in [9.17, 15) is 0 Å². The van der Waals surface area contributed by atoms with Crippen LogP contribution in [0.15, 0.2) is 0 Å². The molecule has 0 aromatic carbocycles. The number of hydrogen-bond donors (Lipinski definition) is 1. The van der Waals surface area contributed by atoms with Gasteiger partial charge in [-0.05, 0) is 18.8 Å². The van der Waals surface area contributed by atoms with Gasteiger partial charge in [0.25, 0.3) is 0 Å². The Morgan fingerprint density at radius 1 is 1.14 bits per heavy atom. The molecule has 0 aromatic rings. The lowest BCUT2D eigenvalue weighted by Crippen LogP contribution is -2.35. The summed E-state index contributed by atoms with van der Waals surface area (Å²) in [6.45, 7) is 11.7. The van der Waals surface area contributed by atoms with E-state index in [1.165, 1.54) is 19.3 Å². The highest BCUT2D eigenvalue weighted by atomic mass is 16.5. The van der Waals surface area contributed by atoms with Crippen molar-refractivity contribution in [1.82, 2.24) is 5.32 Å². The molecule has 1 atom stereocenters. The van der Waals surface area contributed by atoms with E-state index >= 15 is 0 Å². The third-order valence-corrected chi connectivity index (χ3v) is 2.54. The van der Waals surface area contributed by atoms with E-state index in [1.807, 2.05) is 0 Å². The third-order valence-electron chi connectivity index (χ3n) is 2.54. The summed E-state index contributed by atoms with van der Waals surface area (Å²) >= 11 is 0. The molecule has 0 rings (SSSR count). The minimum absolute atomic E-state index is 0.643. The number of nitrogens with one attached hydrogen (secondary N) is 1. The lowest BCUT2D eigenvalue weighted by atomic mass is 10.0. The summed E-state index contributed by atoms with van der Waals surface area (Å²) in [5, 5.41) is 3.52. The van der Waals surface area contributed by atoms with Gasteiger partial charge >= 0.3 is 0 Å². The molecular formula is C12H27NO. The normalized spacial score (nSPS) is 13.5. The Morgan fingerprint density at radius 2 is 1.86 bits per heavy atom. The molecule has 1 unspecified atom stereocenters. The maximum absolute atomic E-state index is 5.49. The molecule has 14 heavy (non-hydrogen) atoms. The van der Waals surface area contributed by atoms with Gasteiger partial charge < -0.3 is 10.1 Å². The number of unbranched alkanes of at least 4 members (excludes halogenated alkanes) is 1. The Balaban J connectivity index is 3.25. The zero-order valence-electron chi connectivity index (χ0n) is 10.3. The molecule has 0 saturated carbocycles. The van der Waals surface area contributed by atoms with Crippen LogP contribution in [0, 0.1) is 5.92 Å². The molecule has 0 amide bonds. The summed E-state index contributed by atoms with van der Waals surface area (Å²) in [5.41, 5.74) is 0. The van der Waals surface area contributed by atoms with E-state index in [4.69, 9.17) is 4.74 Å². The quantitative estimate of drug-likeness (QED) is 0.579. The highest BCUT2D eigenvalue weighted by Gasteiger charge is 2.08. The highest BCUT2D eigenvalue weighted by molar-refractivity contribution is 4.67. The van der Waals surface area contributed by atoms with Gasteiger partial charge in [-0.15, -0.1) is 0 Å². The minimum Gasteiger partial charge on any atom is -0.380 e. The summed E-state index contributed by atoms with van der Waals surface area (Å²) in [7, 11) is 0. The monoisotopic (exact) mass is 201 g/mol. The maximum atomic E-state index is 5.49. The molecule has 0 aromatic heterocycles. The van der Waals surface area contributed by atoms with Crippen LogP contribution in [-0.2, 0) is 4.74 Å². The Kier molecular flexibility index (Phi) is 9.42. The van der Waals surface area contributed by atoms with Crippen molar-refractivity contribution in [2.45, 2.75) is 53.0 Å². The predicted molar refractivity (Wildman–Crippen MR) is 62.6 cm³/mol. The first-order chi connectivity index (χ1) is 6.72. The van der Waals surface area contributed by atoms with Gasteiger partial charge in [0, 0.05) is 19.2 Å². The van der Waals surface area contributed by atoms with Crippen molar-refractivity contribution in [2.75, 3.05) is 19.8 Å². The second-order valence-electron chi connectivity index (χ2n) is 4.18. The average molecular weight is 201 g/mol. The summed E-state index contributed by atoms with van der Waals surface area (Å²) in [6.07, 6.45) is 3.60. The molecule has 0 bridgehead atoms. The second-order valence-corrected chi connectivity index (χ2v) is 4.18. The second kappa shape index (κ2) is 9.47. The van der Waals surface area contributed by atoms with Crippen LogP contribution in [0.4, 0.5) is 0 Å². The van der Waals surface area contributed by atoms with E-state index in [0.29, 0.717) is 6.04 Å². The lowest BCUT2D eigenvalue weighted by molar-refractivity contribution is 0.129. The largest absolute Gasteiger partial charge is 0.380 e. The first-order valence-electron chi connectivity index (χ1n) is 6.03. The Labute approximate surface area is 89.4 Å². The fourth-order valence-electron chi connectivity index (χ4n) is 1.52. The van der Waals surface area contributed by atoms with Gasteiger partial charge in [0.05, 0.1) is 6.61 Å². The zero-order valence-corrected chi connectivity index (χ0v) is 10.3. The van der Waals surface area contributed by atoms with Crippen LogP contribution < -0.4 is 5.32 Å². The summed E-state index contributed by atoms with van der Waals surface area (Å²) in [6, 6.07) is 0.643. The van der Waals surface area contributed by atoms with Crippen LogP contribution in [0.3, 0.4) is 0 Å². The van der Waals surface area contributed by atoms with Crippen LogP contribution in [0.2, 0.25) is 0 Å². The Morgan fingerprint density at radius 3 is 2.36 bits per heavy atom. The van der Waals surface area contributed by atoms with Crippen molar-refractivity contribution in [3.05, 3.63) is 0 Å². The van der Waals surface area contributed by atoms with Gasteiger partial charge in [-0.2, -0.15) is 0 Å². The van der Waals surface area contributed by atoms with Crippen molar-refractivity contribution < 1.29 is 4.74 Å². The van der Waals surface area contributed by atoms with Crippen molar-refractivity contribution in [3.8, 4) is 0 Å². The lowest BCUT2D eigenvalue weighted by Gasteiger charge is -2.20. The minimum atomic E-state index is 0.643. The number of rotatable bonds is 9. The van der Waals surface area contributed by atoms with Crippen LogP contribution in [0.25, 0.3) is 0 Å². The van der Waals surface area contributed by atoms with E-state index in [-0.39, 0.29) is 0 Å². The van der Waals surface area contributed by atoms with E-state index < -0.39 is 0 Å². The first kappa shape index (κ1) is 13.9. The molecule has 0 spiro atoms. The highest BCUT2D eigenvalue weighted by Crippen LogP contribution is 2.04. The molecule has 0 fully saturated rings. The Bertz CT molecular complexity index is 115. The molecule has 0 aliphatic heterocycles. The fraction of sp³-hybridized carbons (Fsp3) is 1.00. The van der Waals surface area contributed by atoms with Crippen LogP contribution in [-0.4, -0.2) is 25.8 Å². The SMILES string of the molecule is CCCCOCCNC(CC)C(C)C. The molecule has 2 heteroatoms. The average Bonchev–Trinajstić information content (AvgIpc) is 2.16. The fourth-order valence-corrected chi connectivity index (χ4v) is 1.52. The smallest absolute Gasteiger partial charge is 0.0591 e. The van der Waals surface area contributed by atoms with E-state index in [2.05, 4.69) is 33.0 Å². The summed E-state index contributed by atoms with van der Waals surface area (Å²) in [4.78, 5) is 0. The van der Waals surface area contributed by atoms with Crippen molar-refractivity contribution >= 4 is 0 Å². The standard InChI is InChI=1S/C12H27NO/c1-5-7-9-14-10-8-13-12(6-2)11(3)4/h11-13H,5-10H2,1-4H3. The molecule has 86 valence electrons. The van der Waals surface area contributed by atoms with E-state index in [1.54, 1.807) is 0 Å². The van der Waals surface area contributed by atoms with Crippen molar-refractivity contribution in [3.63, 3.8) is 0 Å². The third kappa shape index (κ3) is 7.34. The van der Waals surface area contributed by atoms with Gasteiger partial charge in [0.15, 0.2) is 0 Å². The van der Waals surface area contributed by atoms with Gasteiger partial charge in [-0.3, -0.25) is 0 Å². The summed E-state index contributed by atoms with van der Waals surface area (Å²) < 4.78 is 5.49. The number of hydrogen-bond acceptors (Lipinski definition) is 2. The van der Waals surface area contributed by atoms with Gasteiger partial charge in [0.1, 0.15) is 0 Å². The molecule has 0 aliphatic carbocycles. The molecule has 0 radical (unpaired) electrons. The molecule has 2 nitrogen and oxygen atoms in total. The van der Waals surface area contributed by atoms with Crippen LogP contribution >= 0.6 is 0 Å². The molecule has 0 heterocycles. The van der Waals surface area contributed by atoms with Crippen LogP contribution in [0.5, 0.6) is 0 Å². The van der Waals surface area contributed by atoms with Crippen molar-refractivity contribution in [1.29, 1.82) is 0 Å². The van der Waals surface area contributed by atoms with Crippen molar-refractivity contribution in [2.24, 2.45) is 5.92 Å². The topological polar surface area (TPSA) is 21.3 Å². The van der Waals surface area contributed by atoms with Crippen LogP contribution in [0.1, 0.15) is 47.0 Å². The summed E-state index contributed by atoms with van der Waals surface area (Å²) in [5.74, 6) is 0.718. The van der Waals surface area contributed by atoms with Gasteiger partial charge in [0.2, 0.25) is 0 Å². The zero-order chi connectivity index (χ0) is 10.8. The first-order valence-corrected chi connectivity index (χ1v) is 6.03.